The second-order valence-corrected chi connectivity index (χ2v) is 8.10. The monoisotopic (exact) mass is 465 g/mol. The molecule has 2 aromatic carbocycles. The van der Waals surface area contributed by atoms with Crippen molar-refractivity contribution in [1.29, 1.82) is 5.26 Å². The fraction of sp³-hybridized carbons (Fsp3) is 0.111. The first kappa shape index (κ1) is 22.0. The third-order valence-corrected chi connectivity index (χ3v) is 5.67. The summed E-state index contributed by atoms with van der Waals surface area (Å²) in [7, 11) is 0. The molecule has 0 saturated carbocycles. The van der Waals surface area contributed by atoms with Gasteiger partial charge in [0.2, 0.25) is 0 Å². The Bertz CT molecular complexity index is 1660. The Kier molecular flexibility index (Phi) is 5.59. The average Bonchev–Trinajstić information content (AvgIpc) is 3.24. The third kappa shape index (κ3) is 4.15. The maximum atomic E-state index is 13.7. The molecule has 0 atom stereocenters. The van der Waals surface area contributed by atoms with Gasteiger partial charge in [0.25, 0.3) is 5.56 Å². The van der Waals surface area contributed by atoms with Gasteiger partial charge in [-0.25, -0.2) is 14.1 Å². The van der Waals surface area contributed by atoms with Crippen LogP contribution in [0.4, 0.5) is 4.39 Å². The SMILES string of the molecule is Cc1nc2c(OCc3ccc(C#N)cc3)cccn2c(=O)c1-c1cc(C)n(-c2cccc(F)c2)n1. The topological polar surface area (TPSA) is 85.2 Å². The number of hydrogen-bond donors (Lipinski definition) is 0. The minimum Gasteiger partial charge on any atom is -0.485 e. The molecular weight excluding hydrogens is 445 g/mol. The van der Waals surface area contributed by atoms with E-state index in [1.54, 1.807) is 60.3 Å². The quantitative estimate of drug-likeness (QED) is 0.374. The number of aromatic nitrogens is 4. The molecule has 7 nitrogen and oxygen atoms in total. The van der Waals surface area contributed by atoms with E-state index in [1.165, 1.54) is 16.5 Å². The molecule has 8 heteroatoms. The Balaban J connectivity index is 1.53. The van der Waals surface area contributed by atoms with Crippen molar-refractivity contribution in [3.63, 3.8) is 0 Å². The van der Waals surface area contributed by atoms with E-state index in [4.69, 9.17) is 10.00 Å². The molecule has 0 aliphatic heterocycles. The lowest BCUT2D eigenvalue weighted by Gasteiger charge is -2.11. The number of pyridine rings is 1. The minimum atomic E-state index is -0.365. The van der Waals surface area contributed by atoms with E-state index >= 15 is 0 Å². The van der Waals surface area contributed by atoms with E-state index in [9.17, 15) is 9.18 Å². The van der Waals surface area contributed by atoms with Crippen molar-refractivity contribution in [2.45, 2.75) is 20.5 Å². The molecule has 0 bridgehead atoms. The molecule has 0 fully saturated rings. The van der Waals surface area contributed by atoms with Gasteiger partial charge in [-0.3, -0.25) is 9.20 Å². The van der Waals surface area contributed by atoms with Crippen LogP contribution in [0, 0.1) is 31.0 Å². The molecule has 35 heavy (non-hydrogen) atoms. The number of benzene rings is 2. The van der Waals surface area contributed by atoms with Crippen LogP contribution in [0.5, 0.6) is 5.75 Å². The molecular formula is C27H20FN5O2. The van der Waals surface area contributed by atoms with Gasteiger partial charge in [0, 0.05) is 11.9 Å². The Hall–Kier alpha value is -4.77. The number of halogens is 1. The fourth-order valence-electron chi connectivity index (χ4n) is 3.95. The van der Waals surface area contributed by atoms with Crippen LogP contribution in [0.15, 0.2) is 77.7 Å². The zero-order valence-corrected chi connectivity index (χ0v) is 19.1. The van der Waals surface area contributed by atoms with Gasteiger partial charge < -0.3 is 4.74 Å². The Labute approximate surface area is 200 Å². The summed E-state index contributed by atoms with van der Waals surface area (Å²) in [6, 6.07) is 20.6. The maximum absolute atomic E-state index is 13.7. The van der Waals surface area contributed by atoms with Gasteiger partial charge in [0.15, 0.2) is 11.4 Å². The minimum absolute atomic E-state index is 0.263. The smallest absolute Gasteiger partial charge is 0.267 e. The van der Waals surface area contributed by atoms with Gasteiger partial charge in [0.1, 0.15) is 18.1 Å². The Morgan fingerprint density at radius 2 is 1.86 bits per heavy atom. The molecule has 0 N–H and O–H groups in total. The number of nitriles is 1. The zero-order chi connectivity index (χ0) is 24.5. The lowest BCUT2D eigenvalue weighted by Crippen LogP contribution is -2.19. The molecule has 172 valence electrons. The summed E-state index contributed by atoms with van der Waals surface area (Å²) in [5, 5.41) is 13.5. The first-order chi connectivity index (χ1) is 16.9. The summed E-state index contributed by atoms with van der Waals surface area (Å²) in [6.45, 7) is 3.86. The summed E-state index contributed by atoms with van der Waals surface area (Å²) in [5.41, 5.74) is 4.24. The summed E-state index contributed by atoms with van der Waals surface area (Å²) < 4.78 is 22.7. The number of nitrogens with zero attached hydrogens (tertiary/aromatic N) is 5. The van der Waals surface area contributed by atoms with Crippen molar-refractivity contribution in [2.24, 2.45) is 0 Å². The molecule has 0 saturated heterocycles. The van der Waals surface area contributed by atoms with E-state index in [2.05, 4.69) is 16.2 Å². The van der Waals surface area contributed by atoms with Gasteiger partial charge in [0.05, 0.1) is 28.6 Å². The van der Waals surface area contributed by atoms with Crippen LogP contribution in [0.3, 0.4) is 0 Å². The van der Waals surface area contributed by atoms with Crippen molar-refractivity contribution in [3.05, 3.63) is 112 Å². The lowest BCUT2D eigenvalue weighted by atomic mass is 10.1. The van der Waals surface area contributed by atoms with Crippen LogP contribution >= 0.6 is 0 Å². The Morgan fingerprint density at radius 3 is 2.60 bits per heavy atom. The number of rotatable bonds is 5. The predicted octanol–water partition coefficient (Wildman–Crippen LogP) is 4.75. The van der Waals surface area contributed by atoms with Gasteiger partial charge in [-0.05, 0) is 67.9 Å². The van der Waals surface area contributed by atoms with Gasteiger partial charge >= 0.3 is 0 Å². The van der Waals surface area contributed by atoms with Crippen LogP contribution in [0.1, 0.15) is 22.5 Å². The number of fused-ring (bicyclic) bond motifs is 1. The summed E-state index contributed by atoms with van der Waals surface area (Å²) in [4.78, 5) is 18.1. The van der Waals surface area contributed by atoms with Gasteiger partial charge in [-0.2, -0.15) is 10.4 Å². The Morgan fingerprint density at radius 1 is 1.06 bits per heavy atom. The highest BCUT2D eigenvalue weighted by Gasteiger charge is 2.18. The van der Waals surface area contributed by atoms with Crippen molar-refractivity contribution in [3.8, 4) is 28.8 Å². The number of aryl methyl sites for hydroxylation is 2. The molecule has 0 aliphatic carbocycles. The van der Waals surface area contributed by atoms with E-state index in [0.717, 1.165) is 11.3 Å². The van der Waals surface area contributed by atoms with Crippen molar-refractivity contribution >= 4 is 5.65 Å². The molecule has 0 radical (unpaired) electrons. The molecule has 5 rings (SSSR count). The molecule has 0 spiro atoms. The van der Waals surface area contributed by atoms with Crippen LogP contribution in [0.2, 0.25) is 0 Å². The molecule has 5 aromatic rings. The third-order valence-electron chi connectivity index (χ3n) is 5.67. The highest BCUT2D eigenvalue weighted by atomic mass is 19.1. The molecule has 0 amide bonds. The van der Waals surface area contributed by atoms with E-state index in [0.29, 0.717) is 39.6 Å². The zero-order valence-electron chi connectivity index (χ0n) is 19.1. The highest BCUT2D eigenvalue weighted by Crippen LogP contribution is 2.24. The standard InChI is InChI=1S/C27H20FN5O2/c1-17-13-23(31-33(17)22-6-3-5-21(28)14-22)25-18(2)30-26-24(7-4-12-32(26)27(25)34)35-16-20-10-8-19(15-29)9-11-20/h3-14H,16H2,1-2H3. The maximum Gasteiger partial charge on any atom is 0.267 e. The van der Waals surface area contributed by atoms with E-state index in [-0.39, 0.29) is 18.0 Å². The van der Waals surface area contributed by atoms with Crippen molar-refractivity contribution < 1.29 is 9.13 Å². The normalized spacial score (nSPS) is 10.9. The van der Waals surface area contributed by atoms with Gasteiger partial charge in [-0.1, -0.05) is 18.2 Å². The first-order valence-corrected chi connectivity index (χ1v) is 10.9. The summed E-state index contributed by atoms with van der Waals surface area (Å²) in [6.07, 6.45) is 1.64. The summed E-state index contributed by atoms with van der Waals surface area (Å²) in [5.74, 6) is 0.0983. The number of ether oxygens (including phenoxy) is 1. The second kappa shape index (κ2) is 8.88. The largest absolute Gasteiger partial charge is 0.485 e. The van der Waals surface area contributed by atoms with E-state index in [1.807, 2.05) is 19.1 Å². The molecule has 3 heterocycles. The second-order valence-electron chi connectivity index (χ2n) is 8.10. The average molecular weight is 465 g/mol. The molecule has 0 aliphatic rings. The van der Waals surface area contributed by atoms with E-state index < -0.39 is 0 Å². The lowest BCUT2D eigenvalue weighted by molar-refractivity contribution is 0.308. The van der Waals surface area contributed by atoms with Crippen LogP contribution in [-0.4, -0.2) is 19.2 Å². The van der Waals surface area contributed by atoms with Crippen LogP contribution < -0.4 is 10.3 Å². The molecule has 0 unspecified atom stereocenters. The molecule has 3 aromatic heterocycles. The first-order valence-electron chi connectivity index (χ1n) is 10.9. The van der Waals surface area contributed by atoms with Crippen molar-refractivity contribution in [2.75, 3.05) is 0 Å². The summed E-state index contributed by atoms with van der Waals surface area (Å²) >= 11 is 0. The number of hydrogen-bond acceptors (Lipinski definition) is 5. The van der Waals surface area contributed by atoms with Crippen LogP contribution in [-0.2, 0) is 6.61 Å². The predicted molar refractivity (Wildman–Crippen MR) is 129 cm³/mol. The highest BCUT2D eigenvalue weighted by molar-refractivity contribution is 5.65. The van der Waals surface area contributed by atoms with Crippen molar-refractivity contribution in [1.82, 2.24) is 19.2 Å². The fourth-order valence-corrected chi connectivity index (χ4v) is 3.95. The van der Waals surface area contributed by atoms with Gasteiger partial charge in [-0.15, -0.1) is 0 Å². The van der Waals surface area contributed by atoms with Crippen LogP contribution in [0.25, 0.3) is 22.6 Å².